The largest absolute Gasteiger partial charge is 0.481 e. The molecule has 1 heterocycles. The van der Waals surface area contributed by atoms with Gasteiger partial charge in [0.05, 0.1) is 5.02 Å². The van der Waals surface area contributed by atoms with E-state index in [1.807, 2.05) is 6.92 Å². The molecule has 1 aromatic carbocycles. The van der Waals surface area contributed by atoms with Crippen LogP contribution >= 0.6 is 38.2 Å². The lowest BCUT2D eigenvalue weighted by molar-refractivity contribution is 0.238. The standard InChI is InChI=1S/C11H9BrCl2N2O4S/c1-2-9-15-10(20-16-9)5-19-11-7(13)3-6(12)4-8(11)21(14,17)18/h3-4H,2,5H2,1H3. The van der Waals surface area contributed by atoms with Crippen LogP contribution in [0.15, 0.2) is 26.0 Å². The van der Waals surface area contributed by atoms with Crippen LogP contribution in [-0.2, 0) is 22.1 Å². The van der Waals surface area contributed by atoms with Gasteiger partial charge in [0.2, 0.25) is 0 Å². The fourth-order valence-corrected chi connectivity index (χ4v) is 3.56. The molecule has 0 spiro atoms. The predicted molar refractivity (Wildman–Crippen MR) is 80.2 cm³/mol. The molecule has 6 nitrogen and oxygen atoms in total. The van der Waals surface area contributed by atoms with Crippen molar-refractivity contribution in [3.63, 3.8) is 0 Å². The van der Waals surface area contributed by atoms with E-state index in [2.05, 4.69) is 26.1 Å². The van der Waals surface area contributed by atoms with Crippen molar-refractivity contribution in [2.45, 2.75) is 24.8 Å². The number of hydrogen-bond donors (Lipinski definition) is 0. The Kier molecular flexibility index (Phi) is 5.13. The molecule has 0 fully saturated rings. The van der Waals surface area contributed by atoms with Crippen molar-refractivity contribution in [3.8, 4) is 5.75 Å². The number of nitrogens with zero attached hydrogens (tertiary/aromatic N) is 2. The lowest BCUT2D eigenvalue weighted by atomic mass is 10.3. The van der Waals surface area contributed by atoms with E-state index in [9.17, 15) is 8.42 Å². The minimum absolute atomic E-state index is 0.0638. The van der Waals surface area contributed by atoms with Crippen molar-refractivity contribution in [1.82, 2.24) is 10.1 Å². The summed E-state index contributed by atoms with van der Waals surface area (Å²) in [4.78, 5) is 3.81. The SMILES string of the molecule is CCc1noc(COc2c(Cl)cc(Br)cc2S(=O)(=O)Cl)n1. The topological polar surface area (TPSA) is 82.3 Å². The van der Waals surface area contributed by atoms with Crippen molar-refractivity contribution >= 4 is 47.3 Å². The summed E-state index contributed by atoms with van der Waals surface area (Å²) in [5.74, 6) is 0.676. The maximum atomic E-state index is 11.6. The van der Waals surface area contributed by atoms with Crippen LogP contribution in [0.3, 0.4) is 0 Å². The minimum Gasteiger partial charge on any atom is -0.481 e. The summed E-state index contributed by atoms with van der Waals surface area (Å²) in [6, 6.07) is 2.79. The third-order valence-corrected chi connectivity index (χ3v) is 4.47. The van der Waals surface area contributed by atoms with Crippen LogP contribution in [0.5, 0.6) is 5.75 Å². The molecule has 1 aromatic heterocycles. The summed E-state index contributed by atoms with van der Waals surface area (Å²) < 4.78 is 33.9. The zero-order valence-electron chi connectivity index (χ0n) is 10.6. The van der Waals surface area contributed by atoms with E-state index in [1.165, 1.54) is 12.1 Å². The number of benzene rings is 1. The molecule has 0 unspecified atom stereocenters. The third-order valence-electron chi connectivity index (χ3n) is 2.40. The maximum absolute atomic E-state index is 11.6. The molecule has 0 bridgehead atoms. The van der Waals surface area contributed by atoms with Gasteiger partial charge in [0, 0.05) is 21.6 Å². The molecular formula is C11H9BrCl2N2O4S. The quantitative estimate of drug-likeness (QED) is 0.694. The highest BCUT2D eigenvalue weighted by molar-refractivity contribution is 9.10. The van der Waals surface area contributed by atoms with Crippen LogP contribution in [0.4, 0.5) is 0 Å². The van der Waals surface area contributed by atoms with E-state index >= 15 is 0 Å². The summed E-state index contributed by atoms with van der Waals surface area (Å²) in [5.41, 5.74) is 0. The number of aryl methyl sites for hydroxylation is 1. The fourth-order valence-electron chi connectivity index (χ4n) is 1.48. The predicted octanol–water partition coefficient (Wildman–Crippen LogP) is 3.55. The van der Waals surface area contributed by atoms with E-state index in [-0.39, 0.29) is 28.2 Å². The number of ether oxygens (including phenoxy) is 1. The number of hydrogen-bond acceptors (Lipinski definition) is 6. The number of aromatic nitrogens is 2. The van der Waals surface area contributed by atoms with Gasteiger partial charge in [0.15, 0.2) is 18.2 Å². The Bertz CT molecular complexity index is 764. The molecule has 0 aliphatic rings. The maximum Gasteiger partial charge on any atom is 0.265 e. The smallest absolute Gasteiger partial charge is 0.265 e. The van der Waals surface area contributed by atoms with Crippen LogP contribution in [0.25, 0.3) is 0 Å². The summed E-state index contributed by atoms with van der Waals surface area (Å²) in [7, 11) is 1.36. The average molecular weight is 416 g/mol. The first-order valence-electron chi connectivity index (χ1n) is 5.69. The van der Waals surface area contributed by atoms with Gasteiger partial charge < -0.3 is 9.26 Å². The molecule has 2 rings (SSSR count). The molecule has 0 saturated heterocycles. The van der Waals surface area contributed by atoms with Crippen molar-refractivity contribution < 1.29 is 17.7 Å². The van der Waals surface area contributed by atoms with E-state index < -0.39 is 9.05 Å². The first-order valence-corrected chi connectivity index (χ1v) is 9.17. The van der Waals surface area contributed by atoms with E-state index in [1.54, 1.807) is 0 Å². The van der Waals surface area contributed by atoms with Crippen LogP contribution in [0, 0.1) is 0 Å². The Labute approximate surface area is 138 Å². The summed E-state index contributed by atoms with van der Waals surface area (Å²) in [6.07, 6.45) is 0.615. The lowest BCUT2D eigenvalue weighted by Gasteiger charge is -2.10. The van der Waals surface area contributed by atoms with Gasteiger partial charge in [-0.1, -0.05) is 39.6 Å². The molecular weight excluding hydrogens is 407 g/mol. The summed E-state index contributed by atoms with van der Waals surface area (Å²) in [6.45, 7) is 1.76. The van der Waals surface area contributed by atoms with Gasteiger partial charge in [-0.05, 0) is 12.1 Å². The molecule has 0 amide bonds. The van der Waals surface area contributed by atoms with Gasteiger partial charge in [-0.15, -0.1) is 0 Å². The van der Waals surface area contributed by atoms with E-state index in [4.69, 9.17) is 31.5 Å². The molecule has 0 aliphatic heterocycles. The lowest BCUT2D eigenvalue weighted by Crippen LogP contribution is -2.02. The highest BCUT2D eigenvalue weighted by Crippen LogP contribution is 2.37. The zero-order valence-corrected chi connectivity index (χ0v) is 14.6. The van der Waals surface area contributed by atoms with Crippen molar-refractivity contribution in [2.75, 3.05) is 0 Å². The molecule has 10 heteroatoms. The Morgan fingerprint density at radius 3 is 2.71 bits per heavy atom. The van der Waals surface area contributed by atoms with Gasteiger partial charge >= 0.3 is 0 Å². The van der Waals surface area contributed by atoms with Crippen molar-refractivity contribution in [1.29, 1.82) is 0 Å². The average Bonchev–Trinajstić information content (AvgIpc) is 2.83. The Hall–Kier alpha value is -0.830. The number of rotatable bonds is 5. The Morgan fingerprint density at radius 1 is 1.43 bits per heavy atom. The highest BCUT2D eigenvalue weighted by atomic mass is 79.9. The first-order chi connectivity index (χ1) is 9.81. The monoisotopic (exact) mass is 414 g/mol. The second kappa shape index (κ2) is 6.51. The zero-order chi connectivity index (χ0) is 15.6. The van der Waals surface area contributed by atoms with Crippen molar-refractivity contribution in [3.05, 3.63) is 33.3 Å². The molecule has 2 aromatic rings. The normalized spacial score (nSPS) is 11.6. The summed E-state index contributed by atoms with van der Waals surface area (Å²) in [5, 5.41) is 3.80. The van der Waals surface area contributed by atoms with Gasteiger partial charge in [-0.25, -0.2) is 8.42 Å². The van der Waals surface area contributed by atoms with Gasteiger partial charge in [0.1, 0.15) is 4.90 Å². The molecule has 0 atom stereocenters. The highest BCUT2D eigenvalue weighted by Gasteiger charge is 2.21. The molecule has 0 aliphatic carbocycles. The van der Waals surface area contributed by atoms with Gasteiger partial charge in [0.25, 0.3) is 14.9 Å². The number of halogens is 3. The van der Waals surface area contributed by atoms with Crippen LogP contribution in [0.2, 0.25) is 5.02 Å². The second-order valence-corrected chi connectivity index (χ2v) is 7.76. The van der Waals surface area contributed by atoms with Gasteiger partial charge in [-0.2, -0.15) is 4.98 Å². The summed E-state index contributed by atoms with van der Waals surface area (Å²) >= 11 is 9.14. The fraction of sp³-hybridized carbons (Fsp3) is 0.273. The second-order valence-electron chi connectivity index (χ2n) is 3.90. The van der Waals surface area contributed by atoms with Gasteiger partial charge in [-0.3, -0.25) is 0 Å². The minimum atomic E-state index is -4.02. The third kappa shape index (κ3) is 4.09. The molecule has 0 saturated carbocycles. The Morgan fingerprint density at radius 2 is 2.14 bits per heavy atom. The molecule has 114 valence electrons. The first kappa shape index (κ1) is 16.5. The molecule has 0 N–H and O–H groups in total. The Balaban J connectivity index is 2.31. The van der Waals surface area contributed by atoms with Crippen LogP contribution < -0.4 is 4.74 Å². The van der Waals surface area contributed by atoms with Crippen molar-refractivity contribution in [2.24, 2.45) is 0 Å². The van der Waals surface area contributed by atoms with Crippen LogP contribution in [0.1, 0.15) is 18.6 Å². The van der Waals surface area contributed by atoms with E-state index in [0.717, 1.165) is 0 Å². The molecule has 0 radical (unpaired) electrons. The van der Waals surface area contributed by atoms with Crippen LogP contribution in [-0.4, -0.2) is 18.6 Å². The van der Waals surface area contributed by atoms with E-state index in [0.29, 0.717) is 16.7 Å². The molecule has 21 heavy (non-hydrogen) atoms.